The Morgan fingerprint density at radius 3 is 2.85 bits per heavy atom. The van der Waals surface area contributed by atoms with Gasteiger partial charge < -0.3 is 10.1 Å². The number of H-pyrrole nitrogens is 1. The molecule has 1 aromatic heterocycles. The van der Waals surface area contributed by atoms with Crippen LogP contribution in [0.5, 0.6) is 5.75 Å². The Labute approximate surface area is 75.0 Å². The first-order valence-corrected chi connectivity index (χ1v) is 4.00. The number of carbonyl (C=O) groups excluding carboxylic acids is 1. The SMILES string of the molecule is CC(=O)c1ccc2[nH]ccc2c1O. The number of ketones is 1. The van der Waals surface area contributed by atoms with Crippen LogP contribution >= 0.6 is 0 Å². The van der Waals surface area contributed by atoms with Crippen molar-refractivity contribution in [3.8, 4) is 5.75 Å². The molecule has 3 nitrogen and oxygen atoms in total. The summed E-state index contributed by atoms with van der Waals surface area (Å²) < 4.78 is 0. The van der Waals surface area contributed by atoms with Gasteiger partial charge in [-0.25, -0.2) is 0 Å². The third kappa shape index (κ3) is 1.09. The Morgan fingerprint density at radius 2 is 2.15 bits per heavy atom. The highest BCUT2D eigenvalue weighted by Gasteiger charge is 2.09. The largest absolute Gasteiger partial charge is 0.506 e. The maximum atomic E-state index is 11.1. The predicted octanol–water partition coefficient (Wildman–Crippen LogP) is 2.08. The van der Waals surface area contributed by atoms with Crippen molar-refractivity contribution in [3.63, 3.8) is 0 Å². The van der Waals surface area contributed by atoms with Crippen molar-refractivity contribution in [2.45, 2.75) is 6.92 Å². The summed E-state index contributed by atoms with van der Waals surface area (Å²) in [6, 6.07) is 5.15. The average molecular weight is 175 g/mol. The van der Waals surface area contributed by atoms with Crippen LogP contribution in [0.3, 0.4) is 0 Å². The van der Waals surface area contributed by atoms with Gasteiger partial charge in [-0.2, -0.15) is 0 Å². The summed E-state index contributed by atoms with van der Waals surface area (Å²) >= 11 is 0. The lowest BCUT2D eigenvalue weighted by atomic mass is 10.1. The highest BCUT2D eigenvalue weighted by molar-refractivity contribution is 6.02. The summed E-state index contributed by atoms with van der Waals surface area (Å²) in [6.07, 6.45) is 1.73. The molecule has 66 valence electrons. The molecule has 1 aromatic carbocycles. The molecule has 0 aliphatic carbocycles. The van der Waals surface area contributed by atoms with Gasteiger partial charge in [0.2, 0.25) is 0 Å². The van der Waals surface area contributed by atoms with Crippen molar-refractivity contribution in [1.29, 1.82) is 0 Å². The molecule has 0 aliphatic heterocycles. The standard InChI is InChI=1S/C10H9NO2/c1-6(12)7-2-3-9-8(10(7)13)4-5-11-9/h2-5,11,13H,1H3. The number of phenols is 1. The first-order valence-electron chi connectivity index (χ1n) is 4.00. The molecule has 0 bridgehead atoms. The number of Topliss-reactive ketones (excluding diaryl/α,β-unsaturated/α-hetero) is 1. The van der Waals surface area contributed by atoms with Gasteiger partial charge in [-0.3, -0.25) is 4.79 Å². The summed E-state index contributed by atoms with van der Waals surface area (Å²) in [4.78, 5) is 14.0. The zero-order valence-corrected chi connectivity index (χ0v) is 7.16. The second-order valence-electron chi connectivity index (χ2n) is 2.96. The Bertz CT molecular complexity index is 471. The highest BCUT2D eigenvalue weighted by Crippen LogP contribution is 2.27. The van der Waals surface area contributed by atoms with Crippen molar-refractivity contribution in [3.05, 3.63) is 30.0 Å². The molecule has 0 fully saturated rings. The third-order valence-corrected chi connectivity index (χ3v) is 2.09. The molecule has 0 saturated carbocycles. The fourth-order valence-electron chi connectivity index (χ4n) is 1.40. The van der Waals surface area contributed by atoms with Crippen LogP contribution in [-0.4, -0.2) is 15.9 Å². The van der Waals surface area contributed by atoms with Gasteiger partial charge in [0.1, 0.15) is 5.75 Å². The monoisotopic (exact) mass is 175 g/mol. The minimum absolute atomic E-state index is 0.0613. The van der Waals surface area contributed by atoms with Crippen LogP contribution in [0, 0.1) is 0 Å². The number of rotatable bonds is 1. The smallest absolute Gasteiger partial charge is 0.163 e. The second-order valence-corrected chi connectivity index (χ2v) is 2.96. The molecule has 0 amide bonds. The molecule has 2 N–H and O–H groups in total. The number of carbonyl (C=O) groups is 1. The lowest BCUT2D eigenvalue weighted by Gasteiger charge is -2.00. The van der Waals surface area contributed by atoms with Crippen molar-refractivity contribution in [2.75, 3.05) is 0 Å². The molecule has 13 heavy (non-hydrogen) atoms. The Morgan fingerprint density at radius 1 is 1.38 bits per heavy atom. The van der Waals surface area contributed by atoms with Crippen LogP contribution in [0.25, 0.3) is 10.9 Å². The molecule has 1 heterocycles. The molecule has 0 spiro atoms. The van der Waals surface area contributed by atoms with Gasteiger partial charge >= 0.3 is 0 Å². The van der Waals surface area contributed by atoms with E-state index in [1.807, 2.05) is 0 Å². The van der Waals surface area contributed by atoms with Crippen molar-refractivity contribution in [2.24, 2.45) is 0 Å². The number of benzene rings is 1. The van der Waals surface area contributed by atoms with Crippen LogP contribution in [0.1, 0.15) is 17.3 Å². The number of hydrogen-bond acceptors (Lipinski definition) is 2. The van der Waals surface area contributed by atoms with E-state index in [0.29, 0.717) is 10.9 Å². The Hall–Kier alpha value is -1.77. The number of hydrogen-bond donors (Lipinski definition) is 2. The van der Waals surface area contributed by atoms with Crippen molar-refractivity contribution >= 4 is 16.7 Å². The molecule has 0 unspecified atom stereocenters. The van der Waals surface area contributed by atoms with Crippen molar-refractivity contribution in [1.82, 2.24) is 4.98 Å². The number of aromatic amines is 1. The first-order chi connectivity index (χ1) is 6.20. The molecule has 3 heteroatoms. The van der Waals surface area contributed by atoms with Gasteiger partial charge in [0.25, 0.3) is 0 Å². The number of nitrogens with one attached hydrogen (secondary N) is 1. The quantitative estimate of drug-likeness (QED) is 0.652. The molecule has 2 rings (SSSR count). The zero-order valence-electron chi connectivity index (χ0n) is 7.16. The Balaban J connectivity index is 2.80. The van der Waals surface area contributed by atoms with Gasteiger partial charge in [0.15, 0.2) is 5.78 Å². The molecule has 0 radical (unpaired) electrons. The summed E-state index contributed by atoms with van der Waals surface area (Å²) in [5.74, 6) is -0.0631. The highest BCUT2D eigenvalue weighted by atomic mass is 16.3. The fraction of sp³-hybridized carbons (Fsp3) is 0.100. The summed E-state index contributed by atoms with van der Waals surface area (Å²) in [5, 5.41) is 10.4. The van der Waals surface area contributed by atoms with E-state index in [0.717, 1.165) is 5.52 Å². The molecule has 0 atom stereocenters. The van der Waals surface area contributed by atoms with E-state index in [-0.39, 0.29) is 11.5 Å². The molecular formula is C10H9NO2. The van der Waals surface area contributed by atoms with E-state index in [4.69, 9.17) is 0 Å². The second kappa shape index (κ2) is 2.62. The molecule has 0 saturated heterocycles. The predicted molar refractivity (Wildman–Crippen MR) is 50.0 cm³/mol. The summed E-state index contributed by atoms with van der Waals surface area (Å²) in [5.41, 5.74) is 1.20. The maximum Gasteiger partial charge on any atom is 0.163 e. The Kier molecular flexibility index (Phi) is 1.59. The van der Waals surface area contributed by atoms with Gasteiger partial charge in [-0.05, 0) is 25.1 Å². The van der Waals surface area contributed by atoms with Crippen molar-refractivity contribution < 1.29 is 9.90 Å². The van der Waals surface area contributed by atoms with Crippen LogP contribution in [-0.2, 0) is 0 Å². The van der Waals surface area contributed by atoms with E-state index in [1.165, 1.54) is 6.92 Å². The number of aromatic nitrogens is 1. The fourth-order valence-corrected chi connectivity index (χ4v) is 1.40. The molecular weight excluding hydrogens is 166 g/mol. The lowest BCUT2D eigenvalue weighted by molar-refractivity contribution is 0.101. The van der Waals surface area contributed by atoms with E-state index in [2.05, 4.69) is 4.98 Å². The van der Waals surface area contributed by atoms with Crippen LogP contribution in [0.15, 0.2) is 24.4 Å². The average Bonchev–Trinajstić information content (AvgIpc) is 2.52. The number of phenolic OH excluding ortho intramolecular Hbond substituents is 1. The molecule has 2 aromatic rings. The van der Waals surface area contributed by atoms with Gasteiger partial charge in [0.05, 0.1) is 5.56 Å². The first kappa shape index (κ1) is 7.86. The zero-order chi connectivity index (χ0) is 9.42. The van der Waals surface area contributed by atoms with Crippen LogP contribution in [0.4, 0.5) is 0 Å². The topological polar surface area (TPSA) is 53.1 Å². The summed E-state index contributed by atoms with van der Waals surface area (Å²) in [7, 11) is 0. The summed E-state index contributed by atoms with van der Waals surface area (Å²) in [6.45, 7) is 1.44. The maximum absolute atomic E-state index is 11.1. The minimum atomic E-state index is -0.124. The van der Waals surface area contributed by atoms with E-state index in [1.54, 1.807) is 24.4 Å². The van der Waals surface area contributed by atoms with Crippen LogP contribution < -0.4 is 0 Å². The van der Waals surface area contributed by atoms with E-state index in [9.17, 15) is 9.90 Å². The van der Waals surface area contributed by atoms with Gasteiger partial charge in [-0.1, -0.05) is 0 Å². The third-order valence-electron chi connectivity index (χ3n) is 2.09. The number of aromatic hydroxyl groups is 1. The van der Waals surface area contributed by atoms with Gasteiger partial charge in [0, 0.05) is 17.1 Å². The lowest BCUT2D eigenvalue weighted by Crippen LogP contribution is -1.91. The van der Waals surface area contributed by atoms with E-state index >= 15 is 0 Å². The number of fused-ring (bicyclic) bond motifs is 1. The van der Waals surface area contributed by atoms with Crippen LogP contribution in [0.2, 0.25) is 0 Å². The van der Waals surface area contributed by atoms with Gasteiger partial charge in [-0.15, -0.1) is 0 Å². The normalized spacial score (nSPS) is 10.5. The minimum Gasteiger partial charge on any atom is -0.506 e. The van der Waals surface area contributed by atoms with E-state index < -0.39 is 0 Å². The molecule has 0 aliphatic rings.